The molecule has 1 unspecified atom stereocenters. The third kappa shape index (κ3) is 4.67. The van der Waals surface area contributed by atoms with E-state index < -0.39 is 0 Å². The number of ether oxygens (including phenoxy) is 1. The smallest absolute Gasteiger partial charge is 0.191 e. The molecule has 0 radical (unpaired) electrons. The summed E-state index contributed by atoms with van der Waals surface area (Å²) in [5.41, 5.74) is 0.934. The first-order chi connectivity index (χ1) is 11.5. The molecule has 24 heavy (non-hydrogen) atoms. The summed E-state index contributed by atoms with van der Waals surface area (Å²) in [5.74, 6) is 1.69. The van der Waals surface area contributed by atoms with E-state index in [4.69, 9.17) is 4.74 Å². The van der Waals surface area contributed by atoms with Crippen LogP contribution in [-0.4, -0.2) is 53.9 Å². The van der Waals surface area contributed by atoms with Gasteiger partial charge < -0.3 is 15.4 Å². The Labute approximate surface area is 143 Å². The molecule has 0 fully saturated rings. The van der Waals surface area contributed by atoms with E-state index in [9.17, 15) is 0 Å². The van der Waals surface area contributed by atoms with Gasteiger partial charge in [0.15, 0.2) is 11.6 Å². The van der Waals surface area contributed by atoms with Gasteiger partial charge in [-0.05, 0) is 17.5 Å². The maximum Gasteiger partial charge on any atom is 0.191 e. The lowest BCUT2D eigenvalue weighted by atomic mass is 9.89. The topological polar surface area (TPSA) is 75.8 Å². The van der Waals surface area contributed by atoms with Gasteiger partial charge in [-0.15, -0.1) is 10.2 Å². The summed E-state index contributed by atoms with van der Waals surface area (Å²) in [6.45, 7) is 7.91. The monoisotopic (exact) mass is 332 g/mol. The average Bonchev–Trinajstić information content (AvgIpc) is 2.96. The number of aliphatic imine (C=N–C) groups is 1. The Kier molecular flexibility index (Phi) is 6.14. The fraction of sp³-hybridized carbons (Fsp3) is 0.588. The van der Waals surface area contributed by atoms with Crippen LogP contribution in [0.1, 0.15) is 26.6 Å². The summed E-state index contributed by atoms with van der Waals surface area (Å²) in [6, 6.07) is 5.88. The molecule has 2 aromatic heterocycles. The Bertz CT molecular complexity index is 673. The van der Waals surface area contributed by atoms with E-state index in [1.54, 1.807) is 14.2 Å². The van der Waals surface area contributed by atoms with Gasteiger partial charge in [-0.3, -0.25) is 9.39 Å². The largest absolute Gasteiger partial charge is 0.379 e. The lowest BCUT2D eigenvalue weighted by Gasteiger charge is -2.30. The van der Waals surface area contributed by atoms with Gasteiger partial charge >= 0.3 is 0 Å². The van der Waals surface area contributed by atoms with Gasteiger partial charge in [0.2, 0.25) is 0 Å². The molecule has 2 heterocycles. The normalized spacial score (nSPS) is 14.0. The van der Waals surface area contributed by atoms with Crippen molar-refractivity contribution in [3.8, 4) is 0 Å². The predicted molar refractivity (Wildman–Crippen MR) is 96.3 cm³/mol. The highest BCUT2D eigenvalue weighted by molar-refractivity contribution is 5.79. The maximum atomic E-state index is 5.55. The second-order valence-electron chi connectivity index (χ2n) is 6.77. The summed E-state index contributed by atoms with van der Waals surface area (Å²) in [7, 11) is 3.50. The first-order valence-electron chi connectivity index (χ1n) is 8.21. The molecule has 0 aliphatic carbocycles. The van der Waals surface area contributed by atoms with Crippen molar-refractivity contribution in [2.24, 2.45) is 10.4 Å². The molecule has 0 spiro atoms. The molecule has 132 valence electrons. The molecular weight excluding hydrogens is 304 g/mol. The number of aromatic nitrogens is 3. The molecule has 1 atom stereocenters. The van der Waals surface area contributed by atoms with Crippen LogP contribution in [0.3, 0.4) is 0 Å². The van der Waals surface area contributed by atoms with E-state index >= 15 is 0 Å². The van der Waals surface area contributed by atoms with Gasteiger partial charge in [-0.2, -0.15) is 0 Å². The molecule has 0 aliphatic heterocycles. The van der Waals surface area contributed by atoms with E-state index in [1.165, 1.54) is 0 Å². The number of nitrogens with zero attached hydrogens (tertiary/aromatic N) is 4. The van der Waals surface area contributed by atoms with E-state index in [1.807, 2.05) is 28.8 Å². The van der Waals surface area contributed by atoms with E-state index in [2.05, 4.69) is 46.6 Å². The zero-order valence-corrected chi connectivity index (χ0v) is 15.2. The average molecular weight is 332 g/mol. The van der Waals surface area contributed by atoms with Crippen molar-refractivity contribution >= 4 is 11.6 Å². The van der Waals surface area contributed by atoms with Crippen LogP contribution in [0.5, 0.6) is 0 Å². The number of nitrogens with one attached hydrogen (secondary N) is 2. The summed E-state index contributed by atoms with van der Waals surface area (Å²) < 4.78 is 7.55. The summed E-state index contributed by atoms with van der Waals surface area (Å²) in [5, 5.41) is 15.0. The minimum Gasteiger partial charge on any atom is -0.379 e. The van der Waals surface area contributed by atoms with Crippen molar-refractivity contribution < 1.29 is 4.74 Å². The van der Waals surface area contributed by atoms with Crippen LogP contribution in [0.2, 0.25) is 0 Å². The quantitative estimate of drug-likeness (QED) is 0.619. The number of hydrogen-bond acceptors (Lipinski definition) is 4. The van der Waals surface area contributed by atoms with Crippen LogP contribution in [-0.2, 0) is 11.2 Å². The molecule has 0 aliphatic rings. The van der Waals surface area contributed by atoms with Crippen LogP contribution in [0, 0.1) is 5.41 Å². The highest BCUT2D eigenvalue weighted by atomic mass is 16.5. The van der Waals surface area contributed by atoms with E-state index in [0.29, 0.717) is 6.54 Å². The SMILES string of the molecule is CN=C(NCCc1nnc2ccccn12)NCC(OC)C(C)(C)C. The summed E-state index contributed by atoms with van der Waals surface area (Å²) in [4.78, 5) is 4.25. The van der Waals surface area contributed by atoms with Gasteiger partial charge in [0, 0.05) is 39.9 Å². The van der Waals surface area contributed by atoms with Crippen molar-refractivity contribution in [1.82, 2.24) is 25.2 Å². The molecule has 2 aromatic rings. The number of hydrogen-bond donors (Lipinski definition) is 2. The second-order valence-corrected chi connectivity index (χ2v) is 6.77. The number of guanidine groups is 1. The Morgan fingerprint density at radius 2 is 2.08 bits per heavy atom. The van der Waals surface area contributed by atoms with Gasteiger partial charge in [0.05, 0.1) is 6.10 Å². The molecule has 7 nitrogen and oxygen atoms in total. The second kappa shape index (κ2) is 8.10. The Morgan fingerprint density at radius 3 is 2.75 bits per heavy atom. The van der Waals surface area contributed by atoms with Crippen LogP contribution in [0.25, 0.3) is 5.65 Å². The Hall–Kier alpha value is -2.15. The zero-order chi connectivity index (χ0) is 17.6. The lowest BCUT2D eigenvalue weighted by Crippen LogP contribution is -2.45. The van der Waals surface area contributed by atoms with Gasteiger partial charge in [0.1, 0.15) is 5.82 Å². The number of rotatable bonds is 6. The number of methoxy groups -OCH3 is 1. The van der Waals surface area contributed by atoms with Crippen molar-refractivity contribution in [3.05, 3.63) is 30.2 Å². The molecule has 2 N–H and O–H groups in total. The first-order valence-corrected chi connectivity index (χ1v) is 8.21. The summed E-state index contributed by atoms with van der Waals surface area (Å²) >= 11 is 0. The fourth-order valence-electron chi connectivity index (χ4n) is 2.51. The minimum atomic E-state index is 0.0705. The molecule has 0 saturated heterocycles. The van der Waals surface area contributed by atoms with Crippen LogP contribution < -0.4 is 10.6 Å². The Balaban J connectivity index is 1.84. The molecule has 0 saturated carbocycles. The van der Waals surface area contributed by atoms with Crippen molar-refractivity contribution in [2.75, 3.05) is 27.2 Å². The van der Waals surface area contributed by atoms with Gasteiger partial charge in [-0.25, -0.2) is 0 Å². The van der Waals surface area contributed by atoms with Gasteiger partial charge in [-0.1, -0.05) is 26.8 Å². The highest BCUT2D eigenvalue weighted by Gasteiger charge is 2.24. The minimum absolute atomic E-state index is 0.0705. The number of pyridine rings is 1. The lowest BCUT2D eigenvalue weighted by molar-refractivity contribution is 0.0205. The highest BCUT2D eigenvalue weighted by Crippen LogP contribution is 2.20. The summed E-state index contributed by atoms with van der Waals surface area (Å²) in [6.07, 6.45) is 2.85. The van der Waals surface area contributed by atoms with E-state index in [-0.39, 0.29) is 11.5 Å². The third-order valence-corrected chi connectivity index (χ3v) is 3.95. The fourth-order valence-corrected chi connectivity index (χ4v) is 2.51. The molecule has 7 heteroatoms. The van der Waals surface area contributed by atoms with Crippen molar-refractivity contribution in [3.63, 3.8) is 0 Å². The van der Waals surface area contributed by atoms with Crippen LogP contribution in [0.4, 0.5) is 0 Å². The molecular formula is C17H28N6O. The number of fused-ring (bicyclic) bond motifs is 1. The molecule has 0 aromatic carbocycles. The molecule has 0 bridgehead atoms. The maximum absolute atomic E-state index is 5.55. The van der Waals surface area contributed by atoms with Crippen molar-refractivity contribution in [2.45, 2.75) is 33.3 Å². The van der Waals surface area contributed by atoms with Gasteiger partial charge in [0.25, 0.3) is 0 Å². The van der Waals surface area contributed by atoms with Crippen molar-refractivity contribution in [1.29, 1.82) is 0 Å². The third-order valence-electron chi connectivity index (χ3n) is 3.95. The van der Waals surface area contributed by atoms with E-state index in [0.717, 1.165) is 30.4 Å². The molecule has 0 amide bonds. The Morgan fingerprint density at radius 1 is 1.29 bits per heavy atom. The zero-order valence-electron chi connectivity index (χ0n) is 15.2. The standard InChI is InChI=1S/C17H28N6O/c1-17(2,3)13(24-5)12-20-16(18-4)19-10-9-15-22-21-14-8-6-7-11-23(14)15/h6-8,11,13H,9-10,12H2,1-5H3,(H2,18,19,20). The molecule has 2 rings (SSSR count). The van der Waals surface area contributed by atoms with Crippen LogP contribution >= 0.6 is 0 Å². The first kappa shape index (κ1) is 18.2. The predicted octanol–water partition coefficient (Wildman–Crippen LogP) is 1.50. The van der Waals surface area contributed by atoms with Crippen LogP contribution in [0.15, 0.2) is 29.4 Å².